The first kappa shape index (κ1) is 22.0. The minimum Gasteiger partial charge on any atom is -0.478 e. The molecule has 0 unspecified atom stereocenters. The van der Waals surface area contributed by atoms with Crippen LogP contribution in [0.2, 0.25) is 5.04 Å². The Morgan fingerprint density at radius 2 is 1.40 bits per heavy atom. The van der Waals surface area contributed by atoms with E-state index in [9.17, 15) is 0 Å². The van der Waals surface area contributed by atoms with Gasteiger partial charge in [-0.15, -0.1) is 0 Å². The molecule has 0 aliphatic rings. The molecule has 30 heavy (non-hydrogen) atoms. The van der Waals surface area contributed by atoms with Crippen LogP contribution in [0.4, 0.5) is 0 Å². The highest BCUT2D eigenvalue weighted by Crippen LogP contribution is 2.36. The van der Waals surface area contributed by atoms with Crippen molar-refractivity contribution in [3.05, 3.63) is 72.9 Å². The van der Waals surface area contributed by atoms with E-state index in [-0.39, 0.29) is 5.04 Å². The topological polar surface area (TPSA) is 53.5 Å². The molecule has 3 aromatic rings. The minimum atomic E-state index is -2.56. The van der Waals surface area contributed by atoms with Crippen molar-refractivity contribution in [3.63, 3.8) is 0 Å². The second-order valence-corrected chi connectivity index (χ2v) is 12.3. The number of hydrogen-bond acceptors (Lipinski definition) is 5. The Morgan fingerprint density at radius 1 is 0.800 bits per heavy atom. The van der Waals surface area contributed by atoms with E-state index in [4.69, 9.17) is 13.9 Å². The van der Waals surface area contributed by atoms with Crippen molar-refractivity contribution < 1.29 is 13.9 Å². The molecule has 0 N–H and O–H groups in total. The van der Waals surface area contributed by atoms with Gasteiger partial charge in [0.1, 0.15) is 6.61 Å². The second kappa shape index (κ2) is 9.87. The van der Waals surface area contributed by atoms with Crippen LogP contribution in [0.5, 0.6) is 11.9 Å². The third-order valence-electron chi connectivity index (χ3n) is 4.95. The molecule has 0 atom stereocenters. The smallest absolute Gasteiger partial charge is 0.319 e. The average Bonchev–Trinajstić information content (AvgIpc) is 2.75. The number of aromatic nitrogens is 2. The highest BCUT2D eigenvalue weighted by Gasteiger charge is 2.50. The van der Waals surface area contributed by atoms with Crippen LogP contribution in [0.25, 0.3) is 0 Å². The van der Waals surface area contributed by atoms with Gasteiger partial charge in [-0.2, -0.15) is 4.98 Å². The Balaban J connectivity index is 1.82. The Hall–Kier alpha value is -2.70. The van der Waals surface area contributed by atoms with Gasteiger partial charge in [0.25, 0.3) is 8.32 Å². The number of benzene rings is 2. The van der Waals surface area contributed by atoms with Gasteiger partial charge in [-0.1, -0.05) is 81.4 Å². The molecule has 6 heteroatoms. The molecule has 0 amide bonds. The van der Waals surface area contributed by atoms with Crippen molar-refractivity contribution in [3.8, 4) is 11.9 Å². The van der Waals surface area contributed by atoms with Crippen molar-refractivity contribution in [2.24, 2.45) is 0 Å². The summed E-state index contributed by atoms with van der Waals surface area (Å²) in [4.78, 5) is 8.42. The van der Waals surface area contributed by atoms with Gasteiger partial charge in [0.15, 0.2) is 0 Å². The van der Waals surface area contributed by atoms with Gasteiger partial charge < -0.3 is 13.9 Å². The molecule has 0 spiro atoms. The first-order valence-corrected chi connectivity index (χ1v) is 12.2. The van der Waals surface area contributed by atoms with Crippen LogP contribution < -0.4 is 19.8 Å². The molecular formula is C24H30N2O3Si. The maximum absolute atomic E-state index is 6.79. The van der Waals surface area contributed by atoms with Gasteiger partial charge in [0, 0.05) is 12.3 Å². The summed E-state index contributed by atoms with van der Waals surface area (Å²) >= 11 is 0. The summed E-state index contributed by atoms with van der Waals surface area (Å²) in [5.41, 5.74) is 0. The first-order chi connectivity index (χ1) is 14.5. The highest BCUT2D eigenvalue weighted by atomic mass is 28.4. The normalized spacial score (nSPS) is 11.9. The number of nitrogens with zero attached hydrogens (tertiary/aromatic N) is 2. The summed E-state index contributed by atoms with van der Waals surface area (Å²) in [5, 5.41) is 2.43. The van der Waals surface area contributed by atoms with Crippen LogP contribution in [0, 0.1) is 0 Å². The summed E-state index contributed by atoms with van der Waals surface area (Å²) in [7, 11) is -2.56. The van der Waals surface area contributed by atoms with Crippen molar-refractivity contribution in [1.82, 2.24) is 9.97 Å². The molecule has 5 nitrogen and oxygen atoms in total. The Kier molecular flexibility index (Phi) is 7.23. The summed E-state index contributed by atoms with van der Waals surface area (Å²) in [6.07, 6.45) is 1.64. The van der Waals surface area contributed by atoms with Crippen LogP contribution >= 0.6 is 0 Å². The van der Waals surface area contributed by atoms with Crippen molar-refractivity contribution in [2.45, 2.75) is 32.7 Å². The van der Waals surface area contributed by atoms with E-state index < -0.39 is 8.32 Å². The van der Waals surface area contributed by atoms with Crippen LogP contribution in [-0.4, -0.2) is 38.1 Å². The number of rotatable bonds is 9. The lowest BCUT2D eigenvalue weighted by molar-refractivity contribution is 0.195. The number of hydrogen-bond donors (Lipinski definition) is 0. The third-order valence-corrected chi connectivity index (χ3v) is 9.99. The van der Waals surface area contributed by atoms with Gasteiger partial charge in [-0.3, -0.25) is 0 Å². The van der Waals surface area contributed by atoms with E-state index in [0.29, 0.717) is 31.7 Å². The van der Waals surface area contributed by atoms with Gasteiger partial charge >= 0.3 is 6.01 Å². The van der Waals surface area contributed by atoms with Crippen molar-refractivity contribution in [1.29, 1.82) is 0 Å². The molecule has 0 radical (unpaired) electrons. The lowest BCUT2D eigenvalue weighted by atomic mass is 10.2. The largest absolute Gasteiger partial charge is 0.478 e. The molecule has 1 aromatic heterocycles. The predicted octanol–water partition coefficient (Wildman–Crippen LogP) is 3.83. The Bertz CT molecular complexity index is 875. The van der Waals surface area contributed by atoms with Crippen LogP contribution in [0.1, 0.15) is 27.7 Å². The van der Waals surface area contributed by atoms with Gasteiger partial charge in [-0.25, -0.2) is 4.98 Å². The van der Waals surface area contributed by atoms with E-state index in [1.165, 1.54) is 10.4 Å². The fraction of sp³-hybridized carbons (Fsp3) is 0.333. The lowest BCUT2D eigenvalue weighted by Gasteiger charge is -2.43. The lowest BCUT2D eigenvalue weighted by Crippen LogP contribution is -2.66. The molecular weight excluding hydrogens is 392 g/mol. The minimum absolute atomic E-state index is 0.0684. The van der Waals surface area contributed by atoms with E-state index in [1.54, 1.807) is 12.3 Å². The van der Waals surface area contributed by atoms with Crippen LogP contribution in [-0.2, 0) is 4.43 Å². The summed E-state index contributed by atoms with van der Waals surface area (Å²) in [6.45, 7) is 10.0. The maximum Gasteiger partial charge on any atom is 0.319 e. The standard InChI is InChI=1S/C24H30N2O3Si/c1-5-27-22-16-17-25-23(26-22)28-18-19-29-30(24(2,3)4,20-12-8-6-9-13-20)21-14-10-7-11-15-21/h6-17H,5,18-19H2,1-4H3. The van der Waals surface area contributed by atoms with Crippen molar-refractivity contribution in [2.75, 3.05) is 19.8 Å². The SMILES string of the molecule is CCOc1ccnc(OCCO[Si](c2ccccc2)(c2ccccc2)C(C)(C)C)n1. The van der Waals surface area contributed by atoms with E-state index in [2.05, 4.69) is 79.3 Å². The van der Waals surface area contributed by atoms with Gasteiger partial charge in [-0.05, 0) is 22.3 Å². The molecule has 3 rings (SSSR count). The monoisotopic (exact) mass is 422 g/mol. The molecule has 0 fully saturated rings. The molecule has 2 aromatic carbocycles. The zero-order valence-corrected chi connectivity index (χ0v) is 19.2. The quantitative estimate of drug-likeness (QED) is 0.387. The zero-order valence-electron chi connectivity index (χ0n) is 18.2. The molecule has 158 valence electrons. The molecule has 0 saturated heterocycles. The van der Waals surface area contributed by atoms with E-state index in [1.807, 2.05) is 19.1 Å². The first-order valence-electron chi connectivity index (χ1n) is 10.3. The van der Waals surface area contributed by atoms with E-state index in [0.717, 1.165) is 0 Å². The molecule has 0 aliphatic heterocycles. The third kappa shape index (κ3) is 4.88. The van der Waals surface area contributed by atoms with Crippen LogP contribution in [0.3, 0.4) is 0 Å². The van der Waals surface area contributed by atoms with Gasteiger partial charge in [0.2, 0.25) is 5.88 Å². The van der Waals surface area contributed by atoms with E-state index >= 15 is 0 Å². The summed E-state index contributed by atoms with van der Waals surface area (Å²) in [5.74, 6) is 0.510. The Morgan fingerprint density at radius 3 is 1.93 bits per heavy atom. The second-order valence-electron chi connectivity index (χ2n) is 7.97. The molecule has 0 saturated carbocycles. The zero-order chi connectivity index (χ0) is 21.5. The Labute approximate surface area is 180 Å². The summed E-state index contributed by atoms with van der Waals surface area (Å²) in [6, 6.07) is 23.2. The summed E-state index contributed by atoms with van der Waals surface area (Å²) < 4.78 is 18.0. The fourth-order valence-corrected chi connectivity index (χ4v) is 8.26. The van der Waals surface area contributed by atoms with Crippen molar-refractivity contribution >= 4 is 18.7 Å². The van der Waals surface area contributed by atoms with Crippen LogP contribution in [0.15, 0.2) is 72.9 Å². The predicted molar refractivity (Wildman–Crippen MR) is 122 cm³/mol. The van der Waals surface area contributed by atoms with Gasteiger partial charge in [0.05, 0.1) is 13.2 Å². The molecule has 0 bridgehead atoms. The maximum atomic E-state index is 6.79. The molecule has 1 heterocycles. The highest BCUT2D eigenvalue weighted by molar-refractivity contribution is 6.99. The fourth-order valence-electron chi connectivity index (χ4n) is 3.71. The average molecular weight is 423 g/mol. The molecule has 0 aliphatic carbocycles. The number of ether oxygens (including phenoxy) is 2.